The van der Waals surface area contributed by atoms with Crippen molar-refractivity contribution in [2.45, 2.75) is 11.1 Å². The monoisotopic (exact) mass is 379 g/mol. The molecule has 134 valence electrons. The van der Waals surface area contributed by atoms with Crippen LogP contribution in [0.1, 0.15) is 5.89 Å². The Morgan fingerprint density at radius 3 is 2.38 bits per heavy atom. The molecule has 0 aliphatic carbocycles. The van der Waals surface area contributed by atoms with Gasteiger partial charge in [0.15, 0.2) is 0 Å². The maximum atomic E-state index is 12.5. The summed E-state index contributed by atoms with van der Waals surface area (Å²) in [5, 5.41) is 6.03. The fraction of sp³-hybridized carbons (Fsp3) is 0.118. The van der Waals surface area contributed by atoms with Crippen molar-refractivity contribution in [2.24, 2.45) is 0 Å². The van der Waals surface area contributed by atoms with E-state index in [0.717, 1.165) is 4.90 Å². The summed E-state index contributed by atoms with van der Waals surface area (Å²) < 4.78 is 41.6. The van der Waals surface area contributed by atoms with Crippen molar-refractivity contribution < 1.29 is 22.5 Å². The van der Waals surface area contributed by atoms with E-state index in [1.54, 1.807) is 12.1 Å². The van der Waals surface area contributed by atoms with Crippen molar-refractivity contribution in [1.82, 2.24) is 10.1 Å². The quantitative estimate of drug-likeness (QED) is 0.662. The van der Waals surface area contributed by atoms with Crippen molar-refractivity contribution in [3.63, 3.8) is 0 Å². The van der Waals surface area contributed by atoms with E-state index in [1.807, 2.05) is 30.3 Å². The lowest BCUT2D eigenvalue weighted by Gasteiger charge is -2.05. The van der Waals surface area contributed by atoms with Gasteiger partial charge in [-0.1, -0.05) is 23.4 Å². The number of amides is 1. The van der Waals surface area contributed by atoms with Gasteiger partial charge >= 0.3 is 12.1 Å². The molecule has 2 aromatic carbocycles. The molecule has 1 N–H and O–H groups in total. The topological polar surface area (TPSA) is 68.0 Å². The zero-order valence-electron chi connectivity index (χ0n) is 13.2. The van der Waals surface area contributed by atoms with Crippen LogP contribution >= 0.6 is 11.8 Å². The molecule has 0 bridgehead atoms. The third kappa shape index (κ3) is 4.63. The normalized spacial score (nSPS) is 11.3. The molecular weight excluding hydrogens is 367 g/mol. The van der Waals surface area contributed by atoms with Crippen molar-refractivity contribution in [1.29, 1.82) is 0 Å². The molecule has 5 nitrogen and oxygen atoms in total. The maximum Gasteiger partial charge on any atom is 0.471 e. The average molecular weight is 379 g/mol. The maximum absolute atomic E-state index is 12.5. The Morgan fingerprint density at radius 1 is 1.08 bits per heavy atom. The highest BCUT2D eigenvalue weighted by Gasteiger charge is 2.38. The summed E-state index contributed by atoms with van der Waals surface area (Å²) in [7, 11) is 0. The second kappa shape index (κ2) is 7.61. The number of thioether (sulfide) groups is 1. The van der Waals surface area contributed by atoms with Crippen LogP contribution in [0.15, 0.2) is 64.0 Å². The van der Waals surface area contributed by atoms with Crippen LogP contribution in [0.3, 0.4) is 0 Å². The smallest absolute Gasteiger partial charge is 0.329 e. The Labute approximate surface area is 150 Å². The number of aromatic nitrogens is 2. The summed E-state index contributed by atoms with van der Waals surface area (Å²) >= 11 is 1.40. The van der Waals surface area contributed by atoms with E-state index in [2.05, 4.69) is 20.0 Å². The Kier molecular flexibility index (Phi) is 5.27. The van der Waals surface area contributed by atoms with Gasteiger partial charge in [-0.2, -0.15) is 18.2 Å². The molecule has 3 aromatic rings. The van der Waals surface area contributed by atoms with Gasteiger partial charge in [0.2, 0.25) is 11.7 Å². The van der Waals surface area contributed by atoms with Crippen LogP contribution < -0.4 is 5.32 Å². The number of halogens is 3. The van der Waals surface area contributed by atoms with E-state index in [-0.39, 0.29) is 17.5 Å². The van der Waals surface area contributed by atoms with E-state index < -0.39 is 12.1 Å². The first kappa shape index (κ1) is 18.0. The van der Waals surface area contributed by atoms with Crippen LogP contribution in [0.25, 0.3) is 11.4 Å². The van der Waals surface area contributed by atoms with Gasteiger partial charge in [-0.3, -0.25) is 4.79 Å². The summed E-state index contributed by atoms with van der Waals surface area (Å²) in [6, 6.07) is 15.6. The number of nitrogens with zero attached hydrogens (tertiary/aromatic N) is 2. The molecule has 1 aromatic heterocycles. The lowest BCUT2D eigenvalue weighted by atomic mass is 10.2. The molecule has 9 heteroatoms. The minimum absolute atomic E-state index is 0.171. The van der Waals surface area contributed by atoms with Crippen LogP contribution in [-0.4, -0.2) is 21.8 Å². The van der Waals surface area contributed by atoms with Gasteiger partial charge < -0.3 is 9.84 Å². The molecule has 0 saturated carbocycles. The second-order valence-corrected chi connectivity index (χ2v) is 6.20. The summed E-state index contributed by atoms with van der Waals surface area (Å²) in [5.74, 6) is -1.52. The third-order valence-electron chi connectivity index (χ3n) is 3.21. The van der Waals surface area contributed by atoms with Gasteiger partial charge in [0.25, 0.3) is 0 Å². The van der Waals surface area contributed by atoms with Crippen molar-refractivity contribution in [2.75, 3.05) is 11.1 Å². The largest absolute Gasteiger partial charge is 0.471 e. The SMILES string of the molecule is O=C(CSc1ccccc1)Nc1ccc(-c2noc(C(F)(F)F)n2)cc1. The number of rotatable bonds is 5. The molecule has 0 atom stereocenters. The predicted octanol–water partition coefficient (Wildman–Crippen LogP) is 4.49. The number of alkyl halides is 3. The molecule has 0 spiro atoms. The molecule has 0 saturated heterocycles. The molecular formula is C17H12F3N3O2S. The van der Waals surface area contributed by atoms with Crippen LogP contribution in [0.5, 0.6) is 0 Å². The van der Waals surface area contributed by atoms with Gasteiger partial charge in [-0.25, -0.2) is 0 Å². The molecule has 26 heavy (non-hydrogen) atoms. The Morgan fingerprint density at radius 2 is 1.77 bits per heavy atom. The molecule has 0 aliphatic heterocycles. The lowest BCUT2D eigenvalue weighted by molar-refractivity contribution is -0.159. The van der Waals surface area contributed by atoms with Gasteiger partial charge in [0, 0.05) is 16.1 Å². The van der Waals surface area contributed by atoms with Gasteiger partial charge in [-0.15, -0.1) is 11.8 Å². The number of anilines is 1. The lowest BCUT2D eigenvalue weighted by Crippen LogP contribution is -2.13. The molecule has 1 amide bonds. The van der Waals surface area contributed by atoms with Gasteiger partial charge in [0.1, 0.15) is 0 Å². The fourth-order valence-corrected chi connectivity index (χ4v) is 2.74. The Hall–Kier alpha value is -2.81. The molecule has 0 aliphatic rings. The van der Waals surface area contributed by atoms with E-state index in [4.69, 9.17) is 0 Å². The Balaban J connectivity index is 1.59. The number of nitrogens with one attached hydrogen (secondary N) is 1. The zero-order chi connectivity index (χ0) is 18.6. The highest BCUT2D eigenvalue weighted by molar-refractivity contribution is 8.00. The molecule has 0 unspecified atom stereocenters. The average Bonchev–Trinajstić information content (AvgIpc) is 3.12. The standard InChI is InChI=1S/C17H12F3N3O2S/c18-17(19,20)16-22-15(23-25-16)11-6-8-12(9-7-11)21-14(24)10-26-13-4-2-1-3-5-13/h1-9H,10H2,(H,21,24). The summed E-state index contributed by atoms with van der Waals surface area (Å²) in [6.07, 6.45) is -4.68. The molecule has 3 rings (SSSR count). The Bertz CT molecular complexity index is 880. The van der Waals surface area contributed by atoms with Crippen molar-refractivity contribution in [3.8, 4) is 11.4 Å². The summed E-state index contributed by atoms with van der Waals surface area (Å²) in [4.78, 5) is 16.3. The van der Waals surface area contributed by atoms with Gasteiger partial charge in [-0.05, 0) is 36.4 Å². The number of carbonyl (C=O) groups excluding carboxylic acids is 1. The molecule has 1 heterocycles. The highest BCUT2D eigenvalue weighted by Crippen LogP contribution is 2.29. The van der Waals surface area contributed by atoms with Crippen LogP contribution in [0.4, 0.5) is 18.9 Å². The fourth-order valence-electron chi connectivity index (χ4n) is 2.02. The minimum Gasteiger partial charge on any atom is -0.329 e. The number of benzene rings is 2. The van der Waals surface area contributed by atoms with Crippen LogP contribution in [0, 0.1) is 0 Å². The second-order valence-electron chi connectivity index (χ2n) is 5.15. The number of hydrogen-bond acceptors (Lipinski definition) is 5. The summed E-state index contributed by atoms with van der Waals surface area (Å²) in [6.45, 7) is 0. The minimum atomic E-state index is -4.68. The van der Waals surface area contributed by atoms with E-state index in [0.29, 0.717) is 11.3 Å². The number of hydrogen-bond donors (Lipinski definition) is 1. The zero-order valence-corrected chi connectivity index (χ0v) is 14.0. The first-order valence-electron chi connectivity index (χ1n) is 7.41. The third-order valence-corrected chi connectivity index (χ3v) is 4.22. The van der Waals surface area contributed by atoms with Crippen LogP contribution in [0.2, 0.25) is 0 Å². The van der Waals surface area contributed by atoms with E-state index >= 15 is 0 Å². The number of carbonyl (C=O) groups is 1. The van der Waals surface area contributed by atoms with E-state index in [9.17, 15) is 18.0 Å². The first-order valence-corrected chi connectivity index (χ1v) is 8.39. The first-order chi connectivity index (χ1) is 12.4. The molecule has 0 radical (unpaired) electrons. The summed E-state index contributed by atoms with van der Waals surface area (Å²) in [5.41, 5.74) is 0.868. The molecule has 0 fully saturated rings. The van der Waals surface area contributed by atoms with Crippen molar-refractivity contribution in [3.05, 3.63) is 60.5 Å². The highest BCUT2D eigenvalue weighted by atomic mass is 32.2. The van der Waals surface area contributed by atoms with Crippen molar-refractivity contribution >= 4 is 23.4 Å². The van der Waals surface area contributed by atoms with Crippen LogP contribution in [-0.2, 0) is 11.0 Å². The van der Waals surface area contributed by atoms with E-state index in [1.165, 1.54) is 23.9 Å². The predicted molar refractivity (Wildman–Crippen MR) is 90.5 cm³/mol. The van der Waals surface area contributed by atoms with Gasteiger partial charge in [0.05, 0.1) is 5.75 Å².